The van der Waals surface area contributed by atoms with Crippen LogP contribution in [-0.2, 0) is 39.5 Å². The highest BCUT2D eigenvalue weighted by molar-refractivity contribution is 5.70. The summed E-state index contributed by atoms with van der Waals surface area (Å²) in [5, 5.41) is 16.7. The van der Waals surface area contributed by atoms with Crippen molar-refractivity contribution in [2.75, 3.05) is 19.8 Å². The molecule has 48 heavy (non-hydrogen) atoms. The molecule has 0 spiro atoms. The van der Waals surface area contributed by atoms with Gasteiger partial charge in [-0.1, -0.05) is 60.7 Å². The number of aliphatic hydroxyl groups excluding tert-OH is 1. The van der Waals surface area contributed by atoms with Gasteiger partial charge in [0.25, 0.3) is 0 Å². The number of H-pyrrole nitrogens is 1. The van der Waals surface area contributed by atoms with Gasteiger partial charge in [-0.3, -0.25) is 9.47 Å². The first-order valence-corrected chi connectivity index (χ1v) is 14.9. The van der Waals surface area contributed by atoms with Gasteiger partial charge in [0.15, 0.2) is 0 Å². The molecule has 15 heteroatoms. The fraction of sp³-hybridized carbons (Fsp3) is 0.364. The topological polar surface area (TPSA) is 110 Å². The molecule has 2 heterocycles. The lowest BCUT2D eigenvalue weighted by Crippen LogP contribution is -2.64. The van der Waals surface area contributed by atoms with Crippen LogP contribution in [0.2, 0.25) is 0 Å². The van der Waals surface area contributed by atoms with Crippen molar-refractivity contribution in [1.29, 1.82) is 0 Å². The highest BCUT2D eigenvalue weighted by Crippen LogP contribution is 2.45. The third kappa shape index (κ3) is 7.11. The summed E-state index contributed by atoms with van der Waals surface area (Å²) in [4.78, 5) is 28.0. The normalized spacial score (nSPS) is 20.8. The molecule has 0 saturated carbocycles. The summed E-state index contributed by atoms with van der Waals surface area (Å²) in [7, 11) is 0. The van der Waals surface area contributed by atoms with Crippen molar-refractivity contribution in [3.05, 3.63) is 123 Å². The first kappa shape index (κ1) is 34.7. The summed E-state index contributed by atoms with van der Waals surface area (Å²) in [6.45, 7) is -0.0801. The van der Waals surface area contributed by atoms with Crippen LogP contribution >= 0.6 is 0 Å². The second-order valence-electron chi connectivity index (χ2n) is 11.7. The number of aliphatic hydroxyl groups is 1. The van der Waals surface area contributed by atoms with Crippen LogP contribution in [0.4, 0.5) is 31.1 Å². The molecule has 1 amide bonds. The third-order valence-electron chi connectivity index (χ3n) is 8.72. The lowest BCUT2D eigenvalue weighted by atomic mass is 9.74. The Hall–Kier alpha value is -4.63. The van der Waals surface area contributed by atoms with Crippen LogP contribution in [0.15, 0.2) is 90.0 Å². The number of carbonyl (C=O) groups excluding carboxylic acids is 1. The third-order valence-corrected chi connectivity index (χ3v) is 8.72. The monoisotopic (exact) mass is 678 g/mol. The largest absolute Gasteiger partial charge is 0.445 e. The van der Waals surface area contributed by atoms with E-state index in [2.05, 4.69) is 10.2 Å². The molecule has 1 fully saturated rings. The molecular weight excluding hydrogens is 646 g/mol. The molecule has 1 aliphatic heterocycles. The maximum atomic E-state index is 14.0. The van der Waals surface area contributed by atoms with Crippen molar-refractivity contribution in [2.45, 2.75) is 55.9 Å². The van der Waals surface area contributed by atoms with Crippen molar-refractivity contribution in [3.63, 3.8) is 0 Å². The molecule has 1 saturated heterocycles. The average molecular weight is 679 g/mol. The fourth-order valence-electron chi connectivity index (χ4n) is 5.98. The highest BCUT2D eigenvalue weighted by Gasteiger charge is 2.53. The zero-order valence-electron chi connectivity index (χ0n) is 25.6. The Kier molecular flexibility index (Phi) is 9.74. The van der Waals surface area contributed by atoms with Gasteiger partial charge >= 0.3 is 24.1 Å². The number of nitrogens with zero attached hydrogens (tertiary/aromatic N) is 3. The van der Waals surface area contributed by atoms with Gasteiger partial charge in [0.05, 0.1) is 48.1 Å². The summed E-state index contributed by atoms with van der Waals surface area (Å²) < 4.78 is 94.8. The number of benzene rings is 3. The second kappa shape index (κ2) is 13.5. The van der Waals surface area contributed by atoms with Gasteiger partial charge < -0.3 is 14.6 Å². The summed E-state index contributed by atoms with van der Waals surface area (Å²) in [5.41, 5.74) is -5.54. The summed E-state index contributed by atoms with van der Waals surface area (Å²) >= 11 is 0. The number of halogens is 6. The number of aromatic nitrogens is 3. The van der Waals surface area contributed by atoms with E-state index >= 15 is 0 Å². The molecule has 1 aliphatic rings. The Bertz CT molecular complexity index is 1730. The van der Waals surface area contributed by atoms with E-state index in [1.807, 2.05) is 0 Å². The van der Waals surface area contributed by atoms with Crippen molar-refractivity contribution >= 4 is 6.09 Å². The Morgan fingerprint density at radius 3 is 2.10 bits per heavy atom. The first-order valence-electron chi connectivity index (χ1n) is 14.9. The van der Waals surface area contributed by atoms with E-state index in [1.165, 1.54) is 22.7 Å². The van der Waals surface area contributed by atoms with Crippen molar-refractivity contribution < 1.29 is 45.7 Å². The summed E-state index contributed by atoms with van der Waals surface area (Å²) in [5.74, 6) is 0. The number of likely N-dealkylation sites (tertiary alicyclic amines) is 1. The van der Waals surface area contributed by atoms with Crippen LogP contribution in [0.3, 0.4) is 0 Å². The van der Waals surface area contributed by atoms with E-state index in [1.54, 1.807) is 60.7 Å². The van der Waals surface area contributed by atoms with E-state index in [4.69, 9.17) is 9.47 Å². The van der Waals surface area contributed by atoms with Gasteiger partial charge in [0.2, 0.25) is 0 Å². The zero-order valence-corrected chi connectivity index (χ0v) is 25.6. The van der Waals surface area contributed by atoms with Gasteiger partial charge in [-0.2, -0.15) is 31.4 Å². The van der Waals surface area contributed by atoms with Crippen LogP contribution in [0.1, 0.15) is 53.7 Å². The van der Waals surface area contributed by atoms with Crippen LogP contribution < -0.4 is 5.69 Å². The van der Waals surface area contributed by atoms with Crippen molar-refractivity contribution in [1.82, 2.24) is 19.7 Å². The molecule has 0 unspecified atom stereocenters. The van der Waals surface area contributed by atoms with E-state index in [0.29, 0.717) is 23.3 Å². The van der Waals surface area contributed by atoms with Gasteiger partial charge in [-0.25, -0.2) is 14.7 Å². The fourth-order valence-corrected chi connectivity index (χ4v) is 5.98. The number of carbonyl (C=O) groups is 1. The van der Waals surface area contributed by atoms with Crippen LogP contribution in [-0.4, -0.2) is 50.6 Å². The van der Waals surface area contributed by atoms with Gasteiger partial charge in [-0.15, -0.1) is 0 Å². The lowest BCUT2D eigenvalue weighted by Gasteiger charge is -2.53. The molecule has 1 aromatic heterocycles. The van der Waals surface area contributed by atoms with E-state index in [0.717, 1.165) is 0 Å². The number of alkyl halides is 6. The maximum absolute atomic E-state index is 14.0. The lowest BCUT2D eigenvalue weighted by molar-refractivity contribution is -0.143. The number of hydrogen-bond acceptors (Lipinski definition) is 6. The molecule has 0 aliphatic carbocycles. The zero-order chi connectivity index (χ0) is 34.7. The summed E-state index contributed by atoms with van der Waals surface area (Å²) in [6, 6.07) is 18.6. The number of amides is 1. The van der Waals surface area contributed by atoms with Gasteiger partial charge in [0.1, 0.15) is 12.9 Å². The minimum Gasteiger partial charge on any atom is -0.445 e. The Balaban J connectivity index is 1.55. The van der Waals surface area contributed by atoms with Crippen LogP contribution in [0, 0.1) is 0 Å². The standard InChI is InChI=1S/C33H32F6N4O5/c1-22(24-14-26(32(34,35)36)16-27(15-24)33(37,38)39)48-20-31(25-10-6-3-7-11-25)13-12-30(19-44,43-21-40-41-28(43)45)18-42(31)29(46)47-17-23-8-4-2-5-9-23/h2-11,14-16,21-22,44H,12-13,17-20H2,1H3,(H,41,45)/t22-,30+,31-/m1/s1. The number of hydrogen-bond donors (Lipinski definition) is 2. The average Bonchev–Trinajstić information content (AvgIpc) is 3.52. The second-order valence-corrected chi connectivity index (χ2v) is 11.7. The van der Waals surface area contributed by atoms with E-state index < -0.39 is 65.7 Å². The number of nitrogens with one attached hydrogen (secondary N) is 1. The van der Waals surface area contributed by atoms with E-state index in [9.17, 15) is 41.0 Å². The smallest absolute Gasteiger partial charge is 0.416 e. The predicted octanol–water partition coefficient (Wildman–Crippen LogP) is 6.40. The maximum Gasteiger partial charge on any atom is 0.416 e. The number of piperidine rings is 1. The molecule has 5 rings (SSSR count). The molecule has 3 atom stereocenters. The number of ether oxygens (including phenoxy) is 2. The van der Waals surface area contributed by atoms with E-state index in [-0.39, 0.29) is 37.6 Å². The Morgan fingerprint density at radius 1 is 0.958 bits per heavy atom. The minimum atomic E-state index is -5.05. The predicted molar refractivity (Wildman–Crippen MR) is 159 cm³/mol. The van der Waals surface area contributed by atoms with Crippen LogP contribution in [0.5, 0.6) is 0 Å². The SMILES string of the molecule is C[C@@H](OC[C@@]1(c2ccccc2)CC[C@](CO)(n2cn[nH]c2=O)CN1C(=O)OCc1ccccc1)c1cc(C(F)(F)F)cc(C(F)(F)F)c1. The molecule has 256 valence electrons. The molecule has 0 radical (unpaired) electrons. The molecule has 9 nitrogen and oxygen atoms in total. The number of aromatic amines is 1. The quantitative estimate of drug-likeness (QED) is 0.198. The molecular formula is C33H32F6N4O5. The minimum absolute atomic E-state index is 0.0404. The summed E-state index contributed by atoms with van der Waals surface area (Å²) in [6.07, 6.45) is -10.9. The molecule has 2 N–H and O–H groups in total. The highest BCUT2D eigenvalue weighted by atomic mass is 19.4. The number of rotatable bonds is 9. The van der Waals surface area contributed by atoms with Crippen molar-refractivity contribution in [3.8, 4) is 0 Å². The Labute approximate surface area is 270 Å². The first-order chi connectivity index (χ1) is 22.7. The molecule has 0 bridgehead atoms. The van der Waals surface area contributed by atoms with Crippen LogP contribution in [0.25, 0.3) is 0 Å². The molecule has 3 aromatic carbocycles. The Morgan fingerprint density at radius 2 is 1.56 bits per heavy atom. The molecule has 4 aromatic rings. The van der Waals surface area contributed by atoms with Gasteiger partial charge in [0, 0.05) is 0 Å². The van der Waals surface area contributed by atoms with Gasteiger partial charge in [-0.05, 0) is 54.7 Å². The van der Waals surface area contributed by atoms with Crippen molar-refractivity contribution in [2.24, 2.45) is 0 Å².